The van der Waals surface area contributed by atoms with Gasteiger partial charge in [-0.25, -0.2) is 9.97 Å². The summed E-state index contributed by atoms with van der Waals surface area (Å²) in [7, 11) is 0. The molecule has 5 heteroatoms. The van der Waals surface area contributed by atoms with Crippen molar-refractivity contribution in [3.05, 3.63) is 47.2 Å². The third kappa shape index (κ3) is 3.37. The lowest BCUT2D eigenvalue weighted by atomic mass is 10.1. The van der Waals surface area contributed by atoms with Crippen molar-refractivity contribution in [1.29, 1.82) is 0 Å². The molecule has 0 saturated carbocycles. The molecule has 0 fully saturated rings. The van der Waals surface area contributed by atoms with Gasteiger partial charge in [-0.05, 0) is 30.9 Å². The van der Waals surface area contributed by atoms with Gasteiger partial charge in [-0.3, -0.25) is 0 Å². The summed E-state index contributed by atoms with van der Waals surface area (Å²) in [5.41, 5.74) is 1.13. The Labute approximate surface area is 116 Å². The molecule has 2 rings (SSSR count). The molecule has 0 bridgehead atoms. The molecular formula is C13H14ClN3S. The molecule has 1 atom stereocenters. The summed E-state index contributed by atoms with van der Waals surface area (Å²) in [4.78, 5) is 8.35. The molecule has 2 aromatic rings. The van der Waals surface area contributed by atoms with Crippen LogP contribution in [-0.4, -0.2) is 16.2 Å². The molecule has 0 aliphatic heterocycles. The van der Waals surface area contributed by atoms with E-state index in [0.29, 0.717) is 0 Å². The van der Waals surface area contributed by atoms with E-state index in [1.54, 1.807) is 18.1 Å². The van der Waals surface area contributed by atoms with Crippen LogP contribution in [0.25, 0.3) is 0 Å². The topological polar surface area (TPSA) is 37.8 Å². The van der Waals surface area contributed by atoms with Crippen LogP contribution in [0.3, 0.4) is 0 Å². The summed E-state index contributed by atoms with van der Waals surface area (Å²) in [5.74, 6) is 0.821. The number of thioether (sulfide) groups is 1. The molecule has 0 aliphatic carbocycles. The second kappa shape index (κ2) is 6.07. The van der Waals surface area contributed by atoms with Crippen LogP contribution in [0.1, 0.15) is 18.5 Å². The molecule has 0 amide bonds. The molecule has 1 unspecified atom stereocenters. The van der Waals surface area contributed by atoms with Crippen LogP contribution in [0.15, 0.2) is 41.7 Å². The Morgan fingerprint density at radius 3 is 2.83 bits per heavy atom. The van der Waals surface area contributed by atoms with Gasteiger partial charge in [0.1, 0.15) is 17.2 Å². The number of benzene rings is 1. The highest BCUT2D eigenvalue weighted by molar-refractivity contribution is 7.98. The average Bonchev–Trinajstić information content (AvgIpc) is 2.39. The van der Waals surface area contributed by atoms with Crippen LogP contribution in [0.2, 0.25) is 5.02 Å². The van der Waals surface area contributed by atoms with Crippen LogP contribution >= 0.6 is 23.4 Å². The first-order valence-electron chi connectivity index (χ1n) is 5.57. The predicted molar refractivity (Wildman–Crippen MR) is 77.3 cm³/mol. The zero-order valence-electron chi connectivity index (χ0n) is 10.2. The lowest BCUT2D eigenvalue weighted by Gasteiger charge is -2.15. The van der Waals surface area contributed by atoms with E-state index in [9.17, 15) is 0 Å². The zero-order chi connectivity index (χ0) is 13.0. The van der Waals surface area contributed by atoms with Gasteiger partial charge >= 0.3 is 0 Å². The van der Waals surface area contributed by atoms with Gasteiger partial charge < -0.3 is 5.32 Å². The van der Waals surface area contributed by atoms with Gasteiger partial charge in [-0.2, -0.15) is 0 Å². The third-order valence-corrected chi connectivity index (χ3v) is 3.44. The molecule has 0 spiro atoms. The van der Waals surface area contributed by atoms with E-state index in [0.717, 1.165) is 21.4 Å². The number of hydrogen-bond acceptors (Lipinski definition) is 4. The Morgan fingerprint density at radius 2 is 2.11 bits per heavy atom. The first-order chi connectivity index (χ1) is 8.69. The minimum atomic E-state index is 0.147. The largest absolute Gasteiger partial charge is 0.363 e. The van der Waals surface area contributed by atoms with Crippen molar-refractivity contribution in [2.75, 3.05) is 11.6 Å². The number of aromatic nitrogens is 2. The summed E-state index contributed by atoms with van der Waals surface area (Å²) in [6, 6.07) is 9.90. The van der Waals surface area contributed by atoms with E-state index < -0.39 is 0 Å². The van der Waals surface area contributed by atoms with Crippen molar-refractivity contribution in [2.24, 2.45) is 0 Å². The molecule has 1 aromatic carbocycles. The van der Waals surface area contributed by atoms with E-state index in [4.69, 9.17) is 11.6 Å². The summed E-state index contributed by atoms with van der Waals surface area (Å²) in [5, 5.41) is 5.03. The first-order valence-corrected chi connectivity index (χ1v) is 7.17. The van der Waals surface area contributed by atoms with E-state index in [1.807, 2.05) is 36.6 Å². The Bertz CT molecular complexity index is 533. The van der Waals surface area contributed by atoms with Gasteiger partial charge in [0.25, 0.3) is 0 Å². The monoisotopic (exact) mass is 279 g/mol. The molecule has 0 radical (unpaired) electrons. The zero-order valence-corrected chi connectivity index (χ0v) is 11.8. The normalized spacial score (nSPS) is 12.2. The summed E-state index contributed by atoms with van der Waals surface area (Å²) in [6.45, 7) is 2.08. The lowest BCUT2D eigenvalue weighted by molar-refractivity contribution is 0.866. The summed E-state index contributed by atoms with van der Waals surface area (Å²) in [6.07, 6.45) is 3.56. The standard InChI is InChI=1S/C13H14ClN3S/c1-9(10-4-3-5-11(14)6-10)17-12-7-13(18-2)16-8-15-12/h3-9H,1-2H3,(H,15,16,17). The van der Waals surface area contributed by atoms with Crippen LogP contribution in [0.4, 0.5) is 5.82 Å². The number of rotatable bonds is 4. The molecule has 1 heterocycles. The predicted octanol–water partition coefficient (Wildman–Crippen LogP) is 4.03. The van der Waals surface area contributed by atoms with Gasteiger partial charge in [0.2, 0.25) is 0 Å². The van der Waals surface area contributed by atoms with Gasteiger partial charge in [0.15, 0.2) is 0 Å². The van der Waals surface area contributed by atoms with Crippen molar-refractivity contribution in [1.82, 2.24) is 9.97 Å². The van der Waals surface area contributed by atoms with Gasteiger partial charge in [0.05, 0.1) is 0 Å². The highest BCUT2D eigenvalue weighted by Crippen LogP contribution is 2.22. The molecule has 0 aliphatic rings. The van der Waals surface area contributed by atoms with Gasteiger partial charge in [0, 0.05) is 17.1 Å². The second-order valence-corrected chi connectivity index (χ2v) is 5.13. The Morgan fingerprint density at radius 1 is 1.28 bits per heavy atom. The van der Waals surface area contributed by atoms with Gasteiger partial charge in [-0.1, -0.05) is 23.7 Å². The minimum Gasteiger partial charge on any atom is -0.363 e. The highest BCUT2D eigenvalue weighted by Gasteiger charge is 2.07. The van der Waals surface area contributed by atoms with Crippen molar-refractivity contribution >= 4 is 29.2 Å². The fourth-order valence-electron chi connectivity index (χ4n) is 1.61. The Balaban J connectivity index is 2.13. The van der Waals surface area contributed by atoms with Crippen LogP contribution in [0.5, 0.6) is 0 Å². The van der Waals surface area contributed by atoms with Crippen molar-refractivity contribution in [3.63, 3.8) is 0 Å². The average molecular weight is 280 g/mol. The van der Waals surface area contributed by atoms with E-state index in [2.05, 4.69) is 22.2 Å². The van der Waals surface area contributed by atoms with Crippen molar-refractivity contribution in [3.8, 4) is 0 Å². The molecule has 1 N–H and O–H groups in total. The Kier molecular flexibility index (Phi) is 4.44. The maximum atomic E-state index is 5.98. The van der Waals surface area contributed by atoms with Crippen molar-refractivity contribution < 1.29 is 0 Å². The number of anilines is 1. The van der Waals surface area contributed by atoms with Crippen molar-refractivity contribution in [2.45, 2.75) is 18.0 Å². The fourth-order valence-corrected chi connectivity index (χ4v) is 2.19. The summed E-state index contributed by atoms with van der Waals surface area (Å²) < 4.78 is 0. The van der Waals surface area contributed by atoms with E-state index in [-0.39, 0.29) is 6.04 Å². The third-order valence-electron chi connectivity index (χ3n) is 2.56. The van der Waals surface area contributed by atoms with E-state index in [1.165, 1.54) is 0 Å². The SMILES string of the molecule is CSc1cc(NC(C)c2cccc(Cl)c2)ncn1. The van der Waals surface area contributed by atoms with Crippen LogP contribution in [-0.2, 0) is 0 Å². The maximum Gasteiger partial charge on any atom is 0.130 e. The highest BCUT2D eigenvalue weighted by atomic mass is 35.5. The molecule has 1 aromatic heterocycles. The summed E-state index contributed by atoms with van der Waals surface area (Å²) >= 11 is 7.58. The number of halogens is 1. The van der Waals surface area contributed by atoms with Crippen LogP contribution in [0, 0.1) is 0 Å². The number of nitrogens with zero attached hydrogens (tertiary/aromatic N) is 2. The maximum absolute atomic E-state index is 5.98. The Hall–Kier alpha value is -1.26. The smallest absolute Gasteiger partial charge is 0.130 e. The lowest BCUT2D eigenvalue weighted by Crippen LogP contribution is -2.08. The molecule has 18 heavy (non-hydrogen) atoms. The second-order valence-electron chi connectivity index (χ2n) is 3.87. The quantitative estimate of drug-likeness (QED) is 0.677. The van der Waals surface area contributed by atoms with E-state index >= 15 is 0 Å². The van der Waals surface area contributed by atoms with Crippen LogP contribution < -0.4 is 5.32 Å². The minimum absolute atomic E-state index is 0.147. The van der Waals surface area contributed by atoms with Gasteiger partial charge in [-0.15, -0.1) is 11.8 Å². The molecular weight excluding hydrogens is 266 g/mol. The molecule has 0 saturated heterocycles. The number of nitrogens with one attached hydrogen (secondary N) is 1. The molecule has 3 nitrogen and oxygen atoms in total. The number of hydrogen-bond donors (Lipinski definition) is 1. The fraction of sp³-hybridized carbons (Fsp3) is 0.231. The molecule has 94 valence electrons. The first kappa shape index (κ1) is 13.2.